The number of aromatic nitrogens is 1. The fraction of sp³-hybridized carbons (Fsp3) is 0.182. The van der Waals surface area contributed by atoms with Crippen LogP contribution in [0.25, 0.3) is 0 Å². The zero-order valence-corrected chi connectivity index (χ0v) is 18.2. The minimum Gasteiger partial charge on any atom is -0.357 e. The zero-order valence-electron chi connectivity index (χ0n) is 16.6. The van der Waals surface area contributed by atoms with E-state index < -0.39 is 15.9 Å². The number of hydrogen-bond acceptors (Lipinski definition) is 5. The van der Waals surface area contributed by atoms with Crippen molar-refractivity contribution in [2.45, 2.75) is 17.7 Å². The number of nitrogens with zero attached hydrogens (tertiary/aromatic N) is 2. The van der Waals surface area contributed by atoms with Crippen molar-refractivity contribution in [3.05, 3.63) is 77.4 Å². The summed E-state index contributed by atoms with van der Waals surface area (Å²) < 4.78 is 27.9. The average molecular weight is 457 g/mol. The van der Waals surface area contributed by atoms with Crippen LogP contribution in [-0.2, 0) is 10.0 Å². The Morgan fingerprint density at radius 1 is 0.968 bits per heavy atom. The molecule has 1 aromatic heterocycles. The summed E-state index contributed by atoms with van der Waals surface area (Å²) in [6.07, 6.45) is 3.91. The molecule has 1 aliphatic rings. The third-order valence-corrected chi connectivity index (χ3v) is 6.61. The molecule has 9 heteroatoms. The first-order valence-electron chi connectivity index (χ1n) is 9.82. The molecule has 0 unspecified atom stereocenters. The van der Waals surface area contributed by atoms with Crippen LogP contribution in [0, 0.1) is 0 Å². The fourth-order valence-electron chi connectivity index (χ4n) is 3.38. The molecular weight excluding hydrogens is 436 g/mol. The summed E-state index contributed by atoms with van der Waals surface area (Å²) in [5.74, 6) is 0.441. The van der Waals surface area contributed by atoms with Crippen LogP contribution in [0.4, 0.5) is 17.2 Å². The van der Waals surface area contributed by atoms with Crippen molar-refractivity contribution in [2.75, 3.05) is 28.0 Å². The van der Waals surface area contributed by atoms with Gasteiger partial charge in [0.15, 0.2) is 0 Å². The summed E-state index contributed by atoms with van der Waals surface area (Å²) in [6.45, 7) is 1.97. The predicted octanol–water partition coefficient (Wildman–Crippen LogP) is 4.39. The van der Waals surface area contributed by atoms with Crippen LogP contribution in [0.1, 0.15) is 23.2 Å². The molecule has 0 bridgehead atoms. The normalized spacial score (nSPS) is 13.8. The van der Waals surface area contributed by atoms with E-state index in [4.69, 9.17) is 11.6 Å². The van der Waals surface area contributed by atoms with E-state index in [2.05, 4.69) is 19.9 Å². The van der Waals surface area contributed by atoms with Gasteiger partial charge in [0.25, 0.3) is 15.9 Å². The molecule has 3 aromatic rings. The lowest BCUT2D eigenvalue weighted by Crippen LogP contribution is -2.20. The maximum Gasteiger partial charge on any atom is 0.261 e. The van der Waals surface area contributed by atoms with E-state index in [0.717, 1.165) is 31.7 Å². The lowest BCUT2D eigenvalue weighted by Gasteiger charge is -2.16. The van der Waals surface area contributed by atoms with Gasteiger partial charge in [-0.1, -0.05) is 23.7 Å². The highest BCUT2D eigenvalue weighted by Crippen LogP contribution is 2.23. The topological polar surface area (TPSA) is 91.4 Å². The van der Waals surface area contributed by atoms with Gasteiger partial charge >= 0.3 is 0 Å². The second kappa shape index (κ2) is 8.95. The predicted molar refractivity (Wildman–Crippen MR) is 122 cm³/mol. The van der Waals surface area contributed by atoms with Crippen molar-refractivity contribution in [1.29, 1.82) is 0 Å². The van der Waals surface area contributed by atoms with Crippen molar-refractivity contribution >= 4 is 44.7 Å². The number of hydrogen-bond donors (Lipinski definition) is 2. The number of carbonyl (C=O) groups is 1. The SMILES string of the molecule is O=C(Nc1ccc(N2CCCC2)nc1)c1ccccc1NS(=O)(=O)c1ccc(Cl)cc1. The van der Waals surface area contributed by atoms with Crippen molar-refractivity contribution in [3.8, 4) is 0 Å². The molecular formula is C22H21ClN4O3S. The monoisotopic (exact) mass is 456 g/mol. The molecule has 0 saturated carbocycles. The summed E-state index contributed by atoms with van der Waals surface area (Å²) in [6, 6.07) is 15.9. The number of sulfonamides is 1. The Bertz CT molecular complexity index is 1180. The quantitative estimate of drug-likeness (QED) is 0.574. The molecule has 0 radical (unpaired) electrons. The molecule has 0 atom stereocenters. The van der Waals surface area contributed by atoms with Crippen molar-refractivity contribution in [1.82, 2.24) is 4.98 Å². The molecule has 1 saturated heterocycles. The molecule has 4 rings (SSSR count). The van der Waals surface area contributed by atoms with Crippen LogP contribution < -0.4 is 14.9 Å². The van der Waals surface area contributed by atoms with Gasteiger partial charge in [-0.3, -0.25) is 9.52 Å². The summed E-state index contributed by atoms with van der Waals surface area (Å²) in [7, 11) is -3.88. The van der Waals surface area contributed by atoms with Gasteiger partial charge in [0.1, 0.15) is 5.82 Å². The van der Waals surface area contributed by atoms with Gasteiger partial charge < -0.3 is 10.2 Å². The van der Waals surface area contributed by atoms with Gasteiger partial charge in [-0.05, 0) is 61.4 Å². The first-order chi connectivity index (χ1) is 14.9. The highest BCUT2D eigenvalue weighted by atomic mass is 35.5. The Morgan fingerprint density at radius 2 is 1.68 bits per heavy atom. The summed E-state index contributed by atoms with van der Waals surface area (Å²) >= 11 is 5.84. The number of para-hydroxylation sites is 1. The van der Waals surface area contributed by atoms with E-state index in [1.807, 2.05) is 6.07 Å². The Hall–Kier alpha value is -3.10. The number of anilines is 3. The van der Waals surface area contributed by atoms with Crippen molar-refractivity contribution in [3.63, 3.8) is 0 Å². The highest BCUT2D eigenvalue weighted by Gasteiger charge is 2.19. The van der Waals surface area contributed by atoms with Crippen molar-refractivity contribution in [2.24, 2.45) is 0 Å². The number of carbonyl (C=O) groups excluding carboxylic acids is 1. The van der Waals surface area contributed by atoms with Gasteiger partial charge in [0.05, 0.1) is 28.0 Å². The van der Waals surface area contributed by atoms with E-state index in [1.54, 1.807) is 30.5 Å². The number of pyridine rings is 1. The molecule has 2 aromatic carbocycles. The zero-order chi connectivity index (χ0) is 21.8. The van der Waals surface area contributed by atoms with Gasteiger partial charge in [-0.25, -0.2) is 13.4 Å². The largest absolute Gasteiger partial charge is 0.357 e. The molecule has 2 heterocycles. The smallest absolute Gasteiger partial charge is 0.261 e. The maximum atomic E-state index is 12.8. The molecule has 160 valence electrons. The third-order valence-electron chi connectivity index (χ3n) is 4.98. The van der Waals surface area contributed by atoms with Gasteiger partial charge in [0, 0.05) is 18.1 Å². The van der Waals surface area contributed by atoms with Crippen LogP contribution in [0.2, 0.25) is 5.02 Å². The molecule has 1 amide bonds. The molecule has 31 heavy (non-hydrogen) atoms. The highest BCUT2D eigenvalue weighted by molar-refractivity contribution is 7.92. The third kappa shape index (κ3) is 4.98. The molecule has 1 fully saturated rings. The minimum absolute atomic E-state index is 0.0498. The number of benzene rings is 2. The lowest BCUT2D eigenvalue weighted by molar-refractivity contribution is 0.102. The first-order valence-corrected chi connectivity index (χ1v) is 11.7. The van der Waals surface area contributed by atoms with Gasteiger partial charge in [0.2, 0.25) is 0 Å². The van der Waals surface area contributed by atoms with E-state index in [1.165, 1.54) is 30.3 Å². The summed E-state index contributed by atoms with van der Waals surface area (Å²) in [5, 5.41) is 3.21. The van der Waals surface area contributed by atoms with E-state index in [0.29, 0.717) is 10.7 Å². The van der Waals surface area contributed by atoms with Crippen LogP contribution in [0.5, 0.6) is 0 Å². The van der Waals surface area contributed by atoms with Crippen LogP contribution >= 0.6 is 11.6 Å². The van der Waals surface area contributed by atoms with E-state index >= 15 is 0 Å². The Morgan fingerprint density at radius 3 is 2.35 bits per heavy atom. The number of nitrogens with one attached hydrogen (secondary N) is 2. The molecule has 0 spiro atoms. The fourth-order valence-corrected chi connectivity index (χ4v) is 4.59. The van der Waals surface area contributed by atoms with Gasteiger partial charge in [-0.15, -0.1) is 0 Å². The Labute approximate surface area is 186 Å². The Kier molecular flexibility index (Phi) is 6.11. The minimum atomic E-state index is -3.88. The second-order valence-electron chi connectivity index (χ2n) is 7.16. The van der Waals surface area contributed by atoms with Crippen LogP contribution in [0.15, 0.2) is 71.8 Å². The molecule has 2 N–H and O–H groups in total. The van der Waals surface area contributed by atoms with Crippen LogP contribution in [0.3, 0.4) is 0 Å². The summed E-state index contributed by atoms with van der Waals surface area (Å²) in [5.41, 5.74) is 0.906. The number of halogens is 1. The number of amides is 1. The van der Waals surface area contributed by atoms with Crippen LogP contribution in [-0.4, -0.2) is 32.4 Å². The Balaban J connectivity index is 1.51. The average Bonchev–Trinajstić information content (AvgIpc) is 3.29. The maximum absolute atomic E-state index is 12.8. The standard InChI is InChI=1S/C22H21ClN4O3S/c23-16-7-10-18(11-8-16)31(29,30)26-20-6-2-1-5-19(20)22(28)25-17-9-12-21(24-15-17)27-13-3-4-14-27/h1-2,5-12,15,26H,3-4,13-14H2,(H,25,28). The van der Waals surface area contributed by atoms with Gasteiger partial charge in [-0.2, -0.15) is 0 Å². The second-order valence-corrected chi connectivity index (χ2v) is 9.28. The summed E-state index contributed by atoms with van der Waals surface area (Å²) in [4.78, 5) is 19.5. The molecule has 1 aliphatic heterocycles. The van der Waals surface area contributed by atoms with E-state index in [-0.39, 0.29) is 16.1 Å². The lowest BCUT2D eigenvalue weighted by atomic mass is 10.1. The first kappa shape index (κ1) is 21.1. The molecule has 7 nitrogen and oxygen atoms in total. The van der Waals surface area contributed by atoms with E-state index in [9.17, 15) is 13.2 Å². The van der Waals surface area contributed by atoms with Crippen molar-refractivity contribution < 1.29 is 13.2 Å². The molecule has 0 aliphatic carbocycles. The number of rotatable bonds is 6.